The highest BCUT2D eigenvalue weighted by molar-refractivity contribution is 5.75. The lowest BCUT2D eigenvalue weighted by Crippen LogP contribution is -2.25. The van der Waals surface area contributed by atoms with Crippen LogP contribution in [0.4, 0.5) is 0 Å². The van der Waals surface area contributed by atoms with Crippen molar-refractivity contribution in [1.82, 2.24) is 5.32 Å². The molecule has 0 aromatic heterocycles. The standard InChI is InChI=1S/C18H37NO/c1-15(2)16(3)11-12-17(20)19-14-10-8-7-9-13-18(4,5)6/h15-16H,7-14H2,1-6H3,(H,19,20). The molecule has 0 spiro atoms. The quantitative estimate of drug-likeness (QED) is 0.550. The third-order valence-electron chi connectivity index (χ3n) is 4.14. The summed E-state index contributed by atoms with van der Waals surface area (Å²) in [7, 11) is 0. The first-order chi connectivity index (χ1) is 9.22. The average molecular weight is 283 g/mol. The third kappa shape index (κ3) is 12.5. The van der Waals surface area contributed by atoms with Gasteiger partial charge in [0.05, 0.1) is 0 Å². The molecule has 0 rings (SSSR count). The molecule has 1 unspecified atom stereocenters. The molecular weight excluding hydrogens is 246 g/mol. The van der Waals surface area contributed by atoms with Gasteiger partial charge in [0.1, 0.15) is 0 Å². The fourth-order valence-corrected chi connectivity index (χ4v) is 2.14. The normalized spacial score (nSPS) is 13.6. The lowest BCUT2D eigenvalue weighted by atomic mass is 9.89. The van der Waals surface area contributed by atoms with Crippen molar-refractivity contribution in [2.24, 2.45) is 17.3 Å². The predicted octanol–water partition coefficient (Wildman–Crippen LogP) is 5.17. The number of hydrogen-bond donors (Lipinski definition) is 1. The summed E-state index contributed by atoms with van der Waals surface area (Å²) in [6.07, 6.45) is 7.94. The number of nitrogens with one attached hydrogen (secondary N) is 1. The van der Waals surface area contributed by atoms with E-state index in [9.17, 15) is 4.79 Å². The van der Waals surface area contributed by atoms with Gasteiger partial charge >= 0.3 is 0 Å². The van der Waals surface area contributed by atoms with Crippen LogP contribution in [0.3, 0.4) is 0 Å². The monoisotopic (exact) mass is 283 g/mol. The fourth-order valence-electron chi connectivity index (χ4n) is 2.14. The molecule has 0 saturated carbocycles. The second kappa shape index (κ2) is 10.2. The summed E-state index contributed by atoms with van der Waals surface area (Å²) >= 11 is 0. The lowest BCUT2D eigenvalue weighted by Gasteiger charge is -2.17. The Kier molecular flexibility index (Phi) is 9.96. The Morgan fingerprint density at radius 1 is 1.00 bits per heavy atom. The van der Waals surface area contributed by atoms with Crippen LogP contribution in [0.15, 0.2) is 0 Å². The van der Waals surface area contributed by atoms with E-state index in [0.717, 1.165) is 19.4 Å². The minimum Gasteiger partial charge on any atom is -0.356 e. The topological polar surface area (TPSA) is 29.1 Å². The smallest absolute Gasteiger partial charge is 0.220 e. The summed E-state index contributed by atoms with van der Waals surface area (Å²) in [6, 6.07) is 0. The highest BCUT2D eigenvalue weighted by atomic mass is 16.1. The van der Waals surface area contributed by atoms with E-state index >= 15 is 0 Å². The van der Waals surface area contributed by atoms with Gasteiger partial charge in [-0.05, 0) is 36.5 Å². The first-order valence-electron chi connectivity index (χ1n) is 8.49. The maximum Gasteiger partial charge on any atom is 0.220 e. The maximum atomic E-state index is 11.7. The summed E-state index contributed by atoms with van der Waals surface area (Å²) in [4.78, 5) is 11.7. The van der Waals surface area contributed by atoms with Crippen LogP contribution >= 0.6 is 0 Å². The molecule has 2 heteroatoms. The largest absolute Gasteiger partial charge is 0.356 e. The Bertz CT molecular complexity index is 253. The van der Waals surface area contributed by atoms with Crippen molar-refractivity contribution in [1.29, 1.82) is 0 Å². The maximum absolute atomic E-state index is 11.7. The van der Waals surface area contributed by atoms with Crippen LogP contribution in [0, 0.1) is 17.3 Å². The molecule has 0 saturated heterocycles. The van der Waals surface area contributed by atoms with E-state index in [1.54, 1.807) is 0 Å². The Morgan fingerprint density at radius 3 is 2.15 bits per heavy atom. The van der Waals surface area contributed by atoms with E-state index in [4.69, 9.17) is 0 Å². The molecule has 0 heterocycles. The van der Waals surface area contributed by atoms with Crippen molar-refractivity contribution in [3.8, 4) is 0 Å². The number of carbonyl (C=O) groups is 1. The summed E-state index contributed by atoms with van der Waals surface area (Å²) in [6.45, 7) is 14.4. The van der Waals surface area contributed by atoms with Gasteiger partial charge in [0.25, 0.3) is 0 Å². The van der Waals surface area contributed by atoms with Crippen LogP contribution in [0.2, 0.25) is 0 Å². The van der Waals surface area contributed by atoms with Gasteiger partial charge in [0, 0.05) is 13.0 Å². The average Bonchev–Trinajstić information content (AvgIpc) is 2.33. The molecule has 0 aliphatic rings. The lowest BCUT2D eigenvalue weighted by molar-refractivity contribution is -0.121. The third-order valence-corrected chi connectivity index (χ3v) is 4.14. The Labute approximate surface area is 127 Å². The molecule has 120 valence electrons. The van der Waals surface area contributed by atoms with Crippen LogP contribution in [0.1, 0.15) is 86.5 Å². The van der Waals surface area contributed by atoms with E-state index in [2.05, 4.69) is 46.9 Å². The highest BCUT2D eigenvalue weighted by Crippen LogP contribution is 2.22. The Morgan fingerprint density at radius 2 is 1.60 bits per heavy atom. The Hall–Kier alpha value is -0.530. The number of carbonyl (C=O) groups excluding carboxylic acids is 1. The van der Waals surface area contributed by atoms with Crippen molar-refractivity contribution in [3.05, 3.63) is 0 Å². The summed E-state index contributed by atoms with van der Waals surface area (Å²) in [5.41, 5.74) is 0.460. The molecule has 0 fully saturated rings. The van der Waals surface area contributed by atoms with Crippen molar-refractivity contribution in [2.45, 2.75) is 86.5 Å². The second-order valence-electron chi connectivity index (χ2n) is 7.83. The van der Waals surface area contributed by atoms with Gasteiger partial charge in [0.15, 0.2) is 0 Å². The van der Waals surface area contributed by atoms with E-state index in [0.29, 0.717) is 23.7 Å². The van der Waals surface area contributed by atoms with Crippen LogP contribution < -0.4 is 5.32 Å². The molecule has 1 N–H and O–H groups in total. The minimum absolute atomic E-state index is 0.229. The van der Waals surface area contributed by atoms with Gasteiger partial charge in [-0.1, -0.05) is 60.8 Å². The van der Waals surface area contributed by atoms with Crippen molar-refractivity contribution in [3.63, 3.8) is 0 Å². The van der Waals surface area contributed by atoms with Crippen LogP contribution in [-0.4, -0.2) is 12.5 Å². The van der Waals surface area contributed by atoms with Gasteiger partial charge in [0.2, 0.25) is 5.91 Å². The molecule has 0 aliphatic heterocycles. The van der Waals surface area contributed by atoms with Crippen LogP contribution in [0.25, 0.3) is 0 Å². The Balaban J connectivity index is 3.40. The van der Waals surface area contributed by atoms with Crippen molar-refractivity contribution >= 4 is 5.91 Å². The van der Waals surface area contributed by atoms with Gasteiger partial charge in [-0.15, -0.1) is 0 Å². The second-order valence-corrected chi connectivity index (χ2v) is 7.83. The van der Waals surface area contributed by atoms with E-state index in [1.165, 1.54) is 25.7 Å². The molecule has 1 amide bonds. The molecule has 0 aliphatic carbocycles. The number of unbranched alkanes of at least 4 members (excludes halogenated alkanes) is 3. The fraction of sp³-hybridized carbons (Fsp3) is 0.944. The van der Waals surface area contributed by atoms with Crippen LogP contribution in [-0.2, 0) is 4.79 Å². The first kappa shape index (κ1) is 19.5. The molecule has 0 aromatic carbocycles. The summed E-state index contributed by atoms with van der Waals surface area (Å²) < 4.78 is 0. The van der Waals surface area contributed by atoms with Gasteiger partial charge in [-0.2, -0.15) is 0 Å². The van der Waals surface area contributed by atoms with Crippen LogP contribution in [0.5, 0.6) is 0 Å². The van der Waals surface area contributed by atoms with Gasteiger partial charge in [-0.3, -0.25) is 4.79 Å². The minimum atomic E-state index is 0.229. The molecule has 1 atom stereocenters. The zero-order valence-corrected chi connectivity index (χ0v) is 14.7. The zero-order chi connectivity index (χ0) is 15.6. The molecule has 0 aromatic rings. The molecule has 0 radical (unpaired) electrons. The van der Waals surface area contributed by atoms with Crippen molar-refractivity contribution < 1.29 is 4.79 Å². The molecule has 20 heavy (non-hydrogen) atoms. The molecule has 2 nitrogen and oxygen atoms in total. The van der Waals surface area contributed by atoms with E-state index in [-0.39, 0.29) is 5.91 Å². The molecular formula is C18H37NO. The first-order valence-corrected chi connectivity index (χ1v) is 8.49. The van der Waals surface area contributed by atoms with Gasteiger partial charge < -0.3 is 5.32 Å². The summed E-state index contributed by atoms with van der Waals surface area (Å²) in [5, 5.41) is 3.05. The van der Waals surface area contributed by atoms with E-state index in [1.807, 2.05) is 0 Å². The molecule has 0 bridgehead atoms. The zero-order valence-electron chi connectivity index (χ0n) is 14.7. The highest BCUT2D eigenvalue weighted by Gasteiger charge is 2.10. The number of amides is 1. The predicted molar refractivity (Wildman–Crippen MR) is 88.8 cm³/mol. The SMILES string of the molecule is CC(C)C(C)CCC(=O)NCCCCCCC(C)(C)C. The van der Waals surface area contributed by atoms with Crippen molar-refractivity contribution in [2.75, 3.05) is 6.54 Å². The number of rotatable bonds is 10. The summed E-state index contributed by atoms with van der Waals surface area (Å²) in [5.74, 6) is 1.54. The van der Waals surface area contributed by atoms with Gasteiger partial charge in [-0.25, -0.2) is 0 Å². The van der Waals surface area contributed by atoms with E-state index < -0.39 is 0 Å². The number of hydrogen-bond acceptors (Lipinski definition) is 1.